The molecule has 2 unspecified atom stereocenters. The number of allylic oxidation sites excluding steroid dienone is 9. The van der Waals surface area contributed by atoms with Crippen LogP contribution < -0.4 is 5.32 Å². The summed E-state index contributed by atoms with van der Waals surface area (Å²) in [4.78, 5) is 24.6. The lowest BCUT2D eigenvalue weighted by Crippen LogP contribution is -2.45. The minimum atomic E-state index is -0.854. The summed E-state index contributed by atoms with van der Waals surface area (Å²) in [6.07, 6.45) is 93.0. The fourth-order valence-corrected chi connectivity index (χ4v) is 11.0. The van der Waals surface area contributed by atoms with Gasteiger partial charge in [-0.25, -0.2) is 0 Å². The van der Waals surface area contributed by atoms with Gasteiger partial charge in [-0.2, -0.15) is 0 Å². The molecule has 0 aromatic carbocycles. The molecule has 6 nitrogen and oxygen atoms in total. The van der Waals surface area contributed by atoms with Crippen LogP contribution in [0.25, 0.3) is 0 Å². The second kappa shape index (κ2) is 70.0. The Morgan fingerprint density at radius 3 is 0.951 bits per heavy atom. The fraction of sp³-hybridized carbons (Fsp3) is 0.840. The summed E-state index contributed by atoms with van der Waals surface area (Å²) in [6, 6.07) is -0.639. The highest BCUT2D eigenvalue weighted by Gasteiger charge is 2.18. The standard InChI is InChI=1S/C75H139NO5/c1-3-5-7-9-11-13-15-17-19-21-22-23-24-25-27-30-33-36-39-43-47-51-55-59-63-67-73(78)72(71-77)76-74(79)68-64-60-56-52-48-44-40-37-34-31-28-26-29-32-35-38-42-46-50-54-58-62-66-70-81-75(80)69-65-61-57-53-49-45-41-20-18-16-14-12-10-8-6-4-2/h14,16,20,26,29,31,34,41,63,67,72-73,77-78H,3-13,15,17-19,21-25,27-28,30,32-33,35-40,42-62,64-66,68-71H2,1-2H3,(H,76,79)/b16-14-,29-26-,34-31-,41-20-,67-63+. The van der Waals surface area contributed by atoms with Gasteiger partial charge in [-0.1, -0.05) is 331 Å². The summed E-state index contributed by atoms with van der Waals surface area (Å²) in [5, 5.41) is 23.3. The van der Waals surface area contributed by atoms with Gasteiger partial charge in [0.15, 0.2) is 0 Å². The van der Waals surface area contributed by atoms with E-state index >= 15 is 0 Å². The molecule has 0 aliphatic carbocycles. The lowest BCUT2D eigenvalue weighted by atomic mass is 10.0. The van der Waals surface area contributed by atoms with Crippen molar-refractivity contribution in [3.05, 3.63) is 60.8 Å². The van der Waals surface area contributed by atoms with Crippen molar-refractivity contribution in [2.24, 2.45) is 0 Å². The summed E-state index contributed by atoms with van der Waals surface area (Å²) in [5.41, 5.74) is 0. The Bertz CT molecular complexity index is 1400. The highest BCUT2D eigenvalue weighted by atomic mass is 16.5. The van der Waals surface area contributed by atoms with Crippen molar-refractivity contribution in [3.8, 4) is 0 Å². The molecular formula is C75H139NO5. The number of unbranched alkanes of at least 4 members (excludes halogenated alkanes) is 48. The molecule has 0 saturated carbocycles. The summed E-state index contributed by atoms with van der Waals surface area (Å²) in [6.45, 7) is 4.90. The Morgan fingerprint density at radius 1 is 0.346 bits per heavy atom. The normalized spacial score (nSPS) is 12.9. The zero-order valence-corrected chi connectivity index (χ0v) is 54.3. The van der Waals surface area contributed by atoms with Crippen LogP contribution in [0.1, 0.15) is 380 Å². The lowest BCUT2D eigenvalue weighted by Gasteiger charge is -2.20. The van der Waals surface area contributed by atoms with Gasteiger partial charge in [0.05, 0.1) is 25.4 Å². The van der Waals surface area contributed by atoms with Crippen molar-refractivity contribution >= 4 is 11.9 Å². The lowest BCUT2D eigenvalue weighted by molar-refractivity contribution is -0.143. The first-order valence-electron chi connectivity index (χ1n) is 36.1. The van der Waals surface area contributed by atoms with Gasteiger partial charge in [0.1, 0.15) is 0 Å². The molecule has 0 radical (unpaired) electrons. The number of amides is 1. The SMILES string of the molecule is CCCCCC/C=C\C/C=C\CCCCCCCC(=O)OCCCCCCCCCCC/C=C\C/C=C\CCCCCCCCCC(=O)NC(CO)C(O)/C=C/CCCCCCCCCCCCCCCCCCCCCCCCC. The van der Waals surface area contributed by atoms with Crippen LogP contribution >= 0.6 is 0 Å². The average Bonchev–Trinajstić information content (AvgIpc) is 3.47. The highest BCUT2D eigenvalue weighted by molar-refractivity contribution is 5.76. The number of hydrogen-bond donors (Lipinski definition) is 3. The van der Waals surface area contributed by atoms with E-state index in [1.807, 2.05) is 6.08 Å². The van der Waals surface area contributed by atoms with Crippen LogP contribution in [-0.2, 0) is 14.3 Å². The number of carbonyl (C=O) groups is 2. The molecule has 0 aromatic heterocycles. The van der Waals surface area contributed by atoms with Gasteiger partial charge in [-0.05, 0) is 96.3 Å². The third kappa shape index (κ3) is 66.6. The van der Waals surface area contributed by atoms with Crippen molar-refractivity contribution in [2.45, 2.75) is 392 Å². The molecule has 0 heterocycles. The minimum Gasteiger partial charge on any atom is -0.466 e. The van der Waals surface area contributed by atoms with Crippen LogP contribution in [0.2, 0.25) is 0 Å². The van der Waals surface area contributed by atoms with Crippen LogP contribution in [0.15, 0.2) is 60.8 Å². The maximum Gasteiger partial charge on any atom is 0.305 e. The minimum absolute atomic E-state index is 0.00689. The molecule has 3 N–H and O–H groups in total. The quantitative estimate of drug-likeness (QED) is 0.0320. The van der Waals surface area contributed by atoms with E-state index in [4.69, 9.17) is 4.74 Å². The largest absolute Gasteiger partial charge is 0.466 e. The average molecular weight is 1130 g/mol. The van der Waals surface area contributed by atoms with Crippen LogP contribution in [0.3, 0.4) is 0 Å². The van der Waals surface area contributed by atoms with Crippen molar-refractivity contribution in [1.29, 1.82) is 0 Å². The molecule has 2 atom stereocenters. The molecule has 0 aliphatic rings. The summed E-state index contributed by atoms with van der Waals surface area (Å²) in [7, 11) is 0. The molecule has 81 heavy (non-hydrogen) atoms. The maximum absolute atomic E-state index is 12.5. The van der Waals surface area contributed by atoms with Gasteiger partial charge in [0, 0.05) is 12.8 Å². The van der Waals surface area contributed by atoms with E-state index in [-0.39, 0.29) is 18.5 Å². The monoisotopic (exact) mass is 1130 g/mol. The number of carbonyl (C=O) groups excluding carboxylic acids is 2. The number of hydrogen-bond acceptors (Lipinski definition) is 5. The smallest absolute Gasteiger partial charge is 0.305 e. The number of nitrogens with one attached hydrogen (secondary N) is 1. The van der Waals surface area contributed by atoms with E-state index in [0.717, 1.165) is 70.6 Å². The molecule has 474 valence electrons. The zero-order chi connectivity index (χ0) is 58.5. The molecular weight excluding hydrogens is 995 g/mol. The van der Waals surface area contributed by atoms with Crippen LogP contribution in [0, 0.1) is 0 Å². The van der Waals surface area contributed by atoms with Gasteiger partial charge < -0.3 is 20.3 Å². The first-order valence-corrected chi connectivity index (χ1v) is 36.1. The predicted molar refractivity (Wildman–Crippen MR) is 356 cm³/mol. The number of rotatable bonds is 67. The molecule has 0 bridgehead atoms. The number of ether oxygens (including phenoxy) is 1. The number of aliphatic hydroxyl groups excluding tert-OH is 2. The third-order valence-corrected chi connectivity index (χ3v) is 16.5. The Kier molecular flexibility index (Phi) is 67.9. The summed E-state index contributed by atoms with van der Waals surface area (Å²) < 4.78 is 5.48. The first kappa shape index (κ1) is 78.6. The highest BCUT2D eigenvalue weighted by Crippen LogP contribution is 2.18. The van der Waals surface area contributed by atoms with Gasteiger partial charge in [0.2, 0.25) is 5.91 Å². The Hall–Kier alpha value is -2.44. The van der Waals surface area contributed by atoms with Gasteiger partial charge in [-0.3, -0.25) is 9.59 Å². The first-order chi connectivity index (χ1) is 40.0. The molecule has 1 amide bonds. The van der Waals surface area contributed by atoms with Gasteiger partial charge in [0.25, 0.3) is 0 Å². The number of esters is 1. The van der Waals surface area contributed by atoms with Crippen molar-refractivity contribution in [1.82, 2.24) is 5.32 Å². The van der Waals surface area contributed by atoms with Crippen LogP contribution in [-0.4, -0.2) is 47.4 Å². The summed E-state index contributed by atoms with van der Waals surface area (Å²) >= 11 is 0. The zero-order valence-electron chi connectivity index (χ0n) is 54.3. The summed E-state index contributed by atoms with van der Waals surface area (Å²) in [5.74, 6) is -0.0825. The maximum atomic E-state index is 12.5. The van der Waals surface area contributed by atoms with Crippen molar-refractivity contribution in [2.75, 3.05) is 13.2 Å². The van der Waals surface area contributed by atoms with E-state index in [9.17, 15) is 19.8 Å². The van der Waals surface area contributed by atoms with E-state index in [2.05, 4.69) is 67.8 Å². The second-order valence-corrected chi connectivity index (χ2v) is 24.6. The second-order valence-electron chi connectivity index (χ2n) is 24.6. The topological polar surface area (TPSA) is 95.9 Å². The Morgan fingerprint density at radius 2 is 0.617 bits per heavy atom. The molecule has 0 spiro atoms. The molecule has 0 fully saturated rings. The van der Waals surface area contributed by atoms with E-state index < -0.39 is 12.1 Å². The Labute approximate surface area is 505 Å². The molecule has 0 aromatic rings. The molecule has 0 saturated heterocycles. The predicted octanol–water partition coefficient (Wildman–Crippen LogP) is 23.4. The van der Waals surface area contributed by atoms with Gasteiger partial charge >= 0.3 is 5.97 Å². The molecule has 0 rings (SSSR count). The molecule has 0 aliphatic heterocycles. The third-order valence-electron chi connectivity index (χ3n) is 16.5. The van der Waals surface area contributed by atoms with E-state index in [1.54, 1.807) is 6.08 Å². The van der Waals surface area contributed by atoms with E-state index in [1.165, 1.54) is 283 Å². The van der Waals surface area contributed by atoms with Crippen molar-refractivity contribution < 1.29 is 24.5 Å². The molecule has 6 heteroatoms. The number of aliphatic hydroxyl groups is 2. The van der Waals surface area contributed by atoms with Crippen LogP contribution in [0.4, 0.5) is 0 Å². The van der Waals surface area contributed by atoms with Crippen LogP contribution in [0.5, 0.6) is 0 Å². The fourth-order valence-electron chi connectivity index (χ4n) is 11.0. The van der Waals surface area contributed by atoms with E-state index in [0.29, 0.717) is 19.4 Å². The van der Waals surface area contributed by atoms with Gasteiger partial charge in [-0.15, -0.1) is 0 Å². The van der Waals surface area contributed by atoms with Crippen molar-refractivity contribution in [3.63, 3.8) is 0 Å². The Balaban J connectivity index is 3.48.